The molecule has 0 bridgehead atoms. The zero-order valence-electron chi connectivity index (χ0n) is 8.55. The maximum atomic E-state index is 5.28. The number of hydrogen-bond donors (Lipinski definition) is 1. The molecule has 1 aromatic rings. The van der Waals surface area contributed by atoms with E-state index in [0.717, 1.165) is 18.8 Å². The van der Waals surface area contributed by atoms with Crippen LogP contribution in [0.4, 0.5) is 0 Å². The van der Waals surface area contributed by atoms with Crippen LogP contribution in [0.5, 0.6) is 5.75 Å². The molecule has 0 fully saturated rings. The molecule has 0 spiro atoms. The normalized spacial score (nSPS) is 10.1. The van der Waals surface area contributed by atoms with Crippen molar-refractivity contribution in [3.05, 3.63) is 29.3 Å². The highest BCUT2D eigenvalue weighted by molar-refractivity contribution is 5.39. The molecule has 0 aliphatic carbocycles. The third-order valence-electron chi connectivity index (χ3n) is 2.14. The van der Waals surface area contributed by atoms with E-state index >= 15 is 0 Å². The molecule has 0 aliphatic heterocycles. The summed E-state index contributed by atoms with van der Waals surface area (Å²) in [5.74, 6) is 0.973. The van der Waals surface area contributed by atoms with Crippen LogP contribution in [0.1, 0.15) is 18.1 Å². The number of ether oxygens (including phenoxy) is 1. The van der Waals surface area contributed by atoms with Crippen molar-refractivity contribution in [3.8, 4) is 5.75 Å². The first kappa shape index (κ1) is 10.1. The van der Waals surface area contributed by atoms with Crippen LogP contribution < -0.4 is 10.1 Å². The van der Waals surface area contributed by atoms with Gasteiger partial charge in [-0.1, -0.05) is 19.1 Å². The quantitative estimate of drug-likeness (QED) is 0.764. The minimum atomic E-state index is 0.881. The number of nitrogens with one attached hydrogen (secondary N) is 1. The lowest BCUT2D eigenvalue weighted by molar-refractivity contribution is 0.407. The molecule has 0 atom stereocenters. The summed E-state index contributed by atoms with van der Waals surface area (Å²) in [6.07, 6.45) is 0. The lowest BCUT2D eigenvalue weighted by Gasteiger charge is -2.11. The van der Waals surface area contributed by atoms with E-state index in [2.05, 4.69) is 25.2 Å². The van der Waals surface area contributed by atoms with Gasteiger partial charge in [-0.05, 0) is 25.1 Å². The van der Waals surface area contributed by atoms with E-state index in [1.165, 1.54) is 11.1 Å². The average Bonchev–Trinajstić information content (AvgIpc) is 2.15. The second-order valence-electron chi connectivity index (χ2n) is 3.04. The molecule has 1 N–H and O–H groups in total. The molecule has 0 amide bonds. The van der Waals surface area contributed by atoms with Crippen molar-refractivity contribution in [2.24, 2.45) is 0 Å². The van der Waals surface area contributed by atoms with Gasteiger partial charge in [0.05, 0.1) is 7.11 Å². The molecule has 2 heteroatoms. The monoisotopic (exact) mass is 179 g/mol. The molecule has 0 saturated carbocycles. The van der Waals surface area contributed by atoms with Crippen LogP contribution in [-0.4, -0.2) is 13.7 Å². The fourth-order valence-electron chi connectivity index (χ4n) is 1.34. The summed E-state index contributed by atoms with van der Waals surface area (Å²) in [5, 5.41) is 3.30. The van der Waals surface area contributed by atoms with Gasteiger partial charge in [-0.15, -0.1) is 0 Å². The van der Waals surface area contributed by atoms with Crippen molar-refractivity contribution in [2.75, 3.05) is 13.7 Å². The zero-order valence-corrected chi connectivity index (χ0v) is 8.55. The smallest absolute Gasteiger partial charge is 0.123 e. The molecular weight excluding hydrogens is 162 g/mol. The predicted molar refractivity (Wildman–Crippen MR) is 55.1 cm³/mol. The van der Waals surface area contributed by atoms with E-state index in [0.29, 0.717) is 0 Å². The van der Waals surface area contributed by atoms with E-state index < -0.39 is 0 Å². The van der Waals surface area contributed by atoms with Crippen LogP contribution in [0, 0.1) is 6.92 Å². The first-order valence-corrected chi connectivity index (χ1v) is 4.62. The highest BCUT2D eigenvalue weighted by Crippen LogP contribution is 2.20. The van der Waals surface area contributed by atoms with Crippen LogP contribution in [0.3, 0.4) is 0 Å². The van der Waals surface area contributed by atoms with Crippen LogP contribution in [0.15, 0.2) is 18.2 Å². The summed E-state index contributed by atoms with van der Waals surface area (Å²) in [7, 11) is 1.71. The summed E-state index contributed by atoms with van der Waals surface area (Å²) >= 11 is 0. The maximum absolute atomic E-state index is 5.28. The molecule has 0 radical (unpaired) electrons. The van der Waals surface area contributed by atoms with Gasteiger partial charge < -0.3 is 10.1 Å². The summed E-state index contributed by atoms with van der Waals surface area (Å²) in [6, 6.07) is 6.12. The molecule has 0 aromatic heterocycles. The molecule has 0 aliphatic rings. The van der Waals surface area contributed by atoms with E-state index in [1.807, 2.05) is 12.1 Å². The minimum absolute atomic E-state index is 0.881. The van der Waals surface area contributed by atoms with Crippen molar-refractivity contribution >= 4 is 0 Å². The van der Waals surface area contributed by atoms with Gasteiger partial charge in [-0.2, -0.15) is 0 Å². The van der Waals surface area contributed by atoms with E-state index in [1.54, 1.807) is 7.11 Å². The predicted octanol–water partition coefficient (Wildman–Crippen LogP) is 2.11. The Balaban J connectivity index is 2.87. The Morgan fingerprint density at radius 1 is 1.38 bits per heavy atom. The fourth-order valence-corrected chi connectivity index (χ4v) is 1.34. The van der Waals surface area contributed by atoms with E-state index in [-0.39, 0.29) is 0 Å². The molecule has 1 rings (SSSR count). The first-order valence-electron chi connectivity index (χ1n) is 4.62. The van der Waals surface area contributed by atoms with Gasteiger partial charge >= 0.3 is 0 Å². The Morgan fingerprint density at radius 2 is 2.15 bits per heavy atom. The molecule has 2 nitrogen and oxygen atoms in total. The number of methoxy groups -OCH3 is 1. The van der Waals surface area contributed by atoms with Crippen molar-refractivity contribution in [2.45, 2.75) is 20.4 Å². The third-order valence-corrected chi connectivity index (χ3v) is 2.14. The number of aryl methyl sites for hydroxylation is 1. The lowest BCUT2D eigenvalue weighted by atomic mass is 10.1. The zero-order chi connectivity index (χ0) is 9.68. The van der Waals surface area contributed by atoms with Crippen molar-refractivity contribution in [1.29, 1.82) is 0 Å². The first-order chi connectivity index (χ1) is 6.29. The Kier molecular flexibility index (Phi) is 3.77. The summed E-state index contributed by atoms with van der Waals surface area (Å²) < 4.78 is 5.28. The largest absolute Gasteiger partial charge is 0.496 e. The third kappa shape index (κ3) is 2.46. The van der Waals surface area contributed by atoms with Gasteiger partial charge in [0, 0.05) is 12.1 Å². The lowest BCUT2D eigenvalue weighted by Crippen LogP contribution is -2.13. The van der Waals surface area contributed by atoms with Gasteiger partial charge in [0.2, 0.25) is 0 Å². The Morgan fingerprint density at radius 3 is 2.77 bits per heavy atom. The molecule has 1 aromatic carbocycles. The Hall–Kier alpha value is -1.02. The second-order valence-corrected chi connectivity index (χ2v) is 3.04. The Labute approximate surface area is 79.9 Å². The highest BCUT2D eigenvalue weighted by atomic mass is 16.5. The Bertz CT molecular complexity index is 271. The molecule has 72 valence electrons. The van der Waals surface area contributed by atoms with Gasteiger partial charge in [0.25, 0.3) is 0 Å². The SMILES string of the molecule is CCNCc1c(C)cccc1OC. The number of hydrogen-bond acceptors (Lipinski definition) is 2. The van der Waals surface area contributed by atoms with Crippen molar-refractivity contribution in [1.82, 2.24) is 5.32 Å². The number of rotatable bonds is 4. The van der Waals surface area contributed by atoms with Gasteiger partial charge in [0.1, 0.15) is 5.75 Å². The van der Waals surface area contributed by atoms with Gasteiger partial charge in [-0.3, -0.25) is 0 Å². The van der Waals surface area contributed by atoms with Crippen LogP contribution in [0.2, 0.25) is 0 Å². The fraction of sp³-hybridized carbons (Fsp3) is 0.455. The highest BCUT2D eigenvalue weighted by Gasteiger charge is 2.03. The van der Waals surface area contributed by atoms with Crippen LogP contribution in [-0.2, 0) is 6.54 Å². The topological polar surface area (TPSA) is 21.3 Å². The van der Waals surface area contributed by atoms with E-state index in [9.17, 15) is 0 Å². The molecular formula is C11H17NO. The minimum Gasteiger partial charge on any atom is -0.496 e. The second kappa shape index (κ2) is 4.87. The average molecular weight is 179 g/mol. The van der Waals surface area contributed by atoms with Crippen LogP contribution in [0.25, 0.3) is 0 Å². The summed E-state index contributed by atoms with van der Waals surface area (Å²) in [4.78, 5) is 0. The molecule has 0 unspecified atom stereocenters. The van der Waals surface area contributed by atoms with E-state index in [4.69, 9.17) is 4.74 Å². The van der Waals surface area contributed by atoms with Gasteiger partial charge in [0.15, 0.2) is 0 Å². The number of benzene rings is 1. The summed E-state index contributed by atoms with van der Waals surface area (Å²) in [6.45, 7) is 6.07. The van der Waals surface area contributed by atoms with Crippen molar-refractivity contribution in [3.63, 3.8) is 0 Å². The molecule has 13 heavy (non-hydrogen) atoms. The molecule has 0 heterocycles. The standard InChI is InChI=1S/C11H17NO/c1-4-12-8-10-9(2)6-5-7-11(10)13-3/h5-7,12H,4,8H2,1-3H3. The maximum Gasteiger partial charge on any atom is 0.123 e. The summed E-state index contributed by atoms with van der Waals surface area (Å²) in [5.41, 5.74) is 2.53. The molecule has 0 saturated heterocycles. The van der Waals surface area contributed by atoms with Gasteiger partial charge in [-0.25, -0.2) is 0 Å². The van der Waals surface area contributed by atoms with Crippen LogP contribution >= 0.6 is 0 Å². The van der Waals surface area contributed by atoms with Crippen molar-refractivity contribution < 1.29 is 4.74 Å².